The Morgan fingerprint density at radius 1 is 1.62 bits per heavy atom. The predicted molar refractivity (Wildman–Crippen MR) is 31.7 cm³/mol. The van der Waals surface area contributed by atoms with Gasteiger partial charge in [-0.3, -0.25) is 0 Å². The van der Waals surface area contributed by atoms with Crippen molar-refractivity contribution in [1.29, 1.82) is 0 Å². The van der Waals surface area contributed by atoms with Crippen molar-refractivity contribution in [2.45, 2.75) is 38.4 Å². The fourth-order valence-electron chi connectivity index (χ4n) is 1.84. The zero-order chi connectivity index (χ0) is 5.78. The molecule has 2 aliphatic rings. The molecular formula is C7H12O. The average molecular weight is 112 g/mol. The minimum Gasteiger partial charge on any atom is -0.366 e. The van der Waals surface area contributed by atoms with Gasteiger partial charge >= 0.3 is 0 Å². The van der Waals surface area contributed by atoms with Crippen LogP contribution in [0.15, 0.2) is 0 Å². The Morgan fingerprint density at radius 3 is 2.50 bits per heavy atom. The van der Waals surface area contributed by atoms with Crippen molar-refractivity contribution in [3.05, 3.63) is 0 Å². The molecule has 46 valence electrons. The lowest BCUT2D eigenvalue weighted by atomic mass is 10.1. The second-order valence-corrected chi connectivity index (χ2v) is 3.37. The van der Waals surface area contributed by atoms with E-state index in [0.29, 0.717) is 11.7 Å². The van der Waals surface area contributed by atoms with Crippen LogP contribution in [0.5, 0.6) is 0 Å². The SMILES string of the molecule is CC1CCC2(C)OC12. The van der Waals surface area contributed by atoms with Crippen molar-refractivity contribution >= 4 is 0 Å². The molecule has 1 aliphatic carbocycles. The second-order valence-electron chi connectivity index (χ2n) is 3.37. The van der Waals surface area contributed by atoms with Crippen LogP contribution >= 0.6 is 0 Å². The lowest BCUT2D eigenvalue weighted by Gasteiger charge is -1.98. The van der Waals surface area contributed by atoms with Crippen molar-refractivity contribution in [3.8, 4) is 0 Å². The molecule has 1 aliphatic heterocycles. The van der Waals surface area contributed by atoms with Crippen LogP contribution in [0.2, 0.25) is 0 Å². The first-order chi connectivity index (χ1) is 3.72. The van der Waals surface area contributed by atoms with Crippen LogP contribution in [-0.4, -0.2) is 11.7 Å². The van der Waals surface area contributed by atoms with Gasteiger partial charge in [-0.1, -0.05) is 6.92 Å². The first kappa shape index (κ1) is 4.80. The van der Waals surface area contributed by atoms with Crippen LogP contribution in [0, 0.1) is 5.92 Å². The van der Waals surface area contributed by atoms with E-state index < -0.39 is 0 Å². The highest BCUT2D eigenvalue weighted by Crippen LogP contribution is 2.52. The molecule has 1 saturated carbocycles. The maximum atomic E-state index is 5.45. The quantitative estimate of drug-likeness (QED) is 0.433. The summed E-state index contributed by atoms with van der Waals surface area (Å²) in [6, 6.07) is 0. The molecule has 0 aromatic carbocycles. The highest BCUT2D eigenvalue weighted by molar-refractivity contribution is 5.06. The Morgan fingerprint density at radius 2 is 2.38 bits per heavy atom. The Labute approximate surface area is 50.0 Å². The van der Waals surface area contributed by atoms with Gasteiger partial charge in [-0.05, 0) is 25.7 Å². The fraction of sp³-hybridized carbons (Fsp3) is 1.00. The van der Waals surface area contributed by atoms with Crippen LogP contribution in [-0.2, 0) is 4.74 Å². The number of ether oxygens (including phenoxy) is 1. The van der Waals surface area contributed by atoms with E-state index in [-0.39, 0.29) is 0 Å². The number of hydrogen-bond acceptors (Lipinski definition) is 1. The normalized spacial score (nSPS) is 60.8. The summed E-state index contributed by atoms with van der Waals surface area (Å²) in [4.78, 5) is 0. The molecule has 0 amide bonds. The van der Waals surface area contributed by atoms with E-state index in [1.165, 1.54) is 12.8 Å². The van der Waals surface area contributed by atoms with E-state index in [9.17, 15) is 0 Å². The van der Waals surface area contributed by atoms with Crippen molar-refractivity contribution in [1.82, 2.24) is 0 Å². The zero-order valence-electron chi connectivity index (χ0n) is 5.48. The van der Waals surface area contributed by atoms with E-state index >= 15 is 0 Å². The van der Waals surface area contributed by atoms with Gasteiger partial charge in [0.25, 0.3) is 0 Å². The number of hydrogen-bond donors (Lipinski definition) is 0. The Bertz CT molecular complexity index is 122. The second kappa shape index (κ2) is 1.10. The summed E-state index contributed by atoms with van der Waals surface area (Å²) in [5, 5.41) is 0. The molecule has 0 aromatic rings. The summed E-state index contributed by atoms with van der Waals surface area (Å²) in [7, 11) is 0. The van der Waals surface area contributed by atoms with Crippen molar-refractivity contribution < 1.29 is 4.74 Å². The molecule has 0 spiro atoms. The molecule has 1 saturated heterocycles. The molecular weight excluding hydrogens is 100 g/mol. The maximum Gasteiger partial charge on any atom is 0.0923 e. The minimum atomic E-state index is 0.333. The monoisotopic (exact) mass is 112 g/mol. The van der Waals surface area contributed by atoms with Crippen LogP contribution in [0.25, 0.3) is 0 Å². The zero-order valence-corrected chi connectivity index (χ0v) is 5.48. The summed E-state index contributed by atoms with van der Waals surface area (Å²) in [6.07, 6.45) is 3.29. The smallest absolute Gasteiger partial charge is 0.0923 e. The summed E-state index contributed by atoms with van der Waals surface area (Å²) in [5.41, 5.74) is 0.333. The predicted octanol–water partition coefficient (Wildman–Crippen LogP) is 1.57. The number of rotatable bonds is 0. The molecule has 1 heterocycles. The van der Waals surface area contributed by atoms with Gasteiger partial charge in [0.1, 0.15) is 0 Å². The molecule has 3 atom stereocenters. The van der Waals surface area contributed by atoms with E-state index in [1.807, 2.05) is 0 Å². The molecule has 0 aromatic heterocycles. The van der Waals surface area contributed by atoms with Gasteiger partial charge < -0.3 is 4.74 Å². The third-order valence-electron chi connectivity index (χ3n) is 2.55. The lowest BCUT2D eigenvalue weighted by molar-refractivity contribution is 0.235. The third kappa shape index (κ3) is 0.408. The molecule has 8 heavy (non-hydrogen) atoms. The largest absolute Gasteiger partial charge is 0.366 e. The van der Waals surface area contributed by atoms with Gasteiger partial charge in [-0.2, -0.15) is 0 Å². The van der Waals surface area contributed by atoms with Gasteiger partial charge in [0.15, 0.2) is 0 Å². The van der Waals surface area contributed by atoms with Gasteiger partial charge in [0, 0.05) is 0 Å². The first-order valence-electron chi connectivity index (χ1n) is 3.40. The molecule has 2 rings (SSSR count). The molecule has 0 radical (unpaired) electrons. The first-order valence-corrected chi connectivity index (χ1v) is 3.40. The number of fused-ring (bicyclic) bond motifs is 1. The standard InChI is InChI=1S/C7H12O/c1-5-3-4-7(2)6(5)8-7/h5-6H,3-4H2,1-2H3. The maximum absolute atomic E-state index is 5.45. The van der Waals surface area contributed by atoms with Crippen LogP contribution in [0.4, 0.5) is 0 Å². The molecule has 0 bridgehead atoms. The van der Waals surface area contributed by atoms with E-state index in [2.05, 4.69) is 13.8 Å². The van der Waals surface area contributed by atoms with Crippen molar-refractivity contribution in [2.75, 3.05) is 0 Å². The van der Waals surface area contributed by atoms with Gasteiger partial charge in [0.2, 0.25) is 0 Å². The number of epoxide rings is 1. The Hall–Kier alpha value is -0.0400. The molecule has 1 heteroatoms. The van der Waals surface area contributed by atoms with Crippen LogP contribution < -0.4 is 0 Å². The summed E-state index contributed by atoms with van der Waals surface area (Å²) in [6.45, 7) is 4.50. The van der Waals surface area contributed by atoms with Gasteiger partial charge in [-0.25, -0.2) is 0 Å². The molecule has 2 fully saturated rings. The summed E-state index contributed by atoms with van der Waals surface area (Å²) in [5.74, 6) is 0.833. The van der Waals surface area contributed by atoms with Crippen molar-refractivity contribution in [3.63, 3.8) is 0 Å². The van der Waals surface area contributed by atoms with Crippen LogP contribution in [0.3, 0.4) is 0 Å². The summed E-state index contributed by atoms with van der Waals surface area (Å²) < 4.78 is 5.45. The van der Waals surface area contributed by atoms with Gasteiger partial charge in [-0.15, -0.1) is 0 Å². The van der Waals surface area contributed by atoms with Crippen molar-refractivity contribution in [2.24, 2.45) is 5.92 Å². The highest BCUT2D eigenvalue weighted by Gasteiger charge is 2.58. The van der Waals surface area contributed by atoms with E-state index in [4.69, 9.17) is 4.74 Å². The van der Waals surface area contributed by atoms with E-state index in [1.54, 1.807) is 0 Å². The van der Waals surface area contributed by atoms with E-state index in [0.717, 1.165) is 5.92 Å². The Kier molecular flexibility index (Phi) is 0.663. The van der Waals surface area contributed by atoms with Gasteiger partial charge in [0.05, 0.1) is 11.7 Å². The van der Waals surface area contributed by atoms with Crippen LogP contribution in [0.1, 0.15) is 26.7 Å². The Balaban J connectivity index is 2.15. The average Bonchev–Trinajstić information content (AvgIpc) is 2.32. The molecule has 1 nitrogen and oxygen atoms in total. The lowest BCUT2D eigenvalue weighted by Crippen LogP contribution is -2.01. The fourth-order valence-corrected chi connectivity index (χ4v) is 1.84. The molecule has 3 unspecified atom stereocenters. The summed E-state index contributed by atoms with van der Waals surface area (Å²) >= 11 is 0. The minimum absolute atomic E-state index is 0.333. The topological polar surface area (TPSA) is 12.5 Å². The molecule has 0 N–H and O–H groups in total. The third-order valence-corrected chi connectivity index (χ3v) is 2.55. The highest BCUT2D eigenvalue weighted by atomic mass is 16.6.